The zero-order chi connectivity index (χ0) is 12.2. The van der Waals surface area contributed by atoms with Crippen molar-refractivity contribution in [3.8, 4) is 0 Å². The van der Waals surface area contributed by atoms with E-state index in [1.165, 1.54) is 0 Å². The first kappa shape index (κ1) is 14.4. The maximum atomic E-state index is 11.7. The highest BCUT2D eigenvalue weighted by Gasteiger charge is 2.21. The minimum atomic E-state index is -0.0533. The fourth-order valence-electron chi connectivity index (χ4n) is 1.30. The van der Waals surface area contributed by atoms with E-state index in [9.17, 15) is 4.79 Å². The number of hydrogen-bond acceptors (Lipinski definition) is 3. The lowest BCUT2D eigenvalue weighted by atomic mass is 10.2. The second kappa shape index (κ2) is 6.08. The minimum Gasteiger partial charge on any atom is -0.347 e. The largest absolute Gasteiger partial charge is 0.347 e. The summed E-state index contributed by atoms with van der Waals surface area (Å²) in [6, 6.07) is 0.398. The van der Waals surface area contributed by atoms with Gasteiger partial charge in [0.15, 0.2) is 0 Å². The number of carbonyl (C=O) groups is 1. The lowest BCUT2D eigenvalue weighted by molar-refractivity contribution is -0.133. The first-order valence-corrected chi connectivity index (χ1v) is 5.35. The lowest BCUT2D eigenvalue weighted by Gasteiger charge is -2.30. The molecule has 0 aromatic carbocycles. The molecule has 0 saturated carbocycles. The molecule has 2 atom stereocenters. The molecule has 0 radical (unpaired) electrons. The molecule has 2 unspecified atom stereocenters. The van der Waals surface area contributed by atoms with Gasteiger partial charge >= 0.3 is 0 Å². The topological polar surface area (TPSA) is 26.8 Å². The van der Waals surface area contributed by atoms with Crippen LogP contribution >= 0.6 is 0 Å². The highest BCUT2D eigenvalue weighted by Crippen LogP contribution is 2.02. The molecule has 0 N–H and O–H groups in total. The number of nitrogens with zero attached hydrogens (tertiary/aromatic N) is 3. The third-order valence-corrected chi connectivity index (χ3v) is 2.89. The monoisotopic (exact) mass is 215 g/mol. The van der Waals surface area contributed by atoms with Crippen LogP contribution in [0.4, 0.5) is 0 Å². The van der Waals surface area contributed by atoms with Gasteiger partial charge in [-0.25, -0.2) is 0 Å². The standard InChI is InChI=1S/C11H25N3O/c1-9(12(3)4)8-14(7)10(2)11(15)13(5)6/h9-10H,8H2,1-7H3. The Kier molecular flexibility index (Phi) is 5.83. The maximum Gasteiger partial charge on any atom is 0.239 e. The fourth-order valence-corrected chi connectivity index (χ4v) is 1.30. The van der Waals surface area contributed by atoms with Crippen molar-refractivity contribution in [1.82, 2.24) is 14.7 Å². The van der Waals surface area contributed by atoms with Crippen LogP contribution in [0.3, 0.4) is 0 Å². The average Bonchev–Trinajstić information content (AvgIpc) is 2.14. The first-order chi connectivity index (χ1) is 6.77. The predicted molar refractivity (Wildman–Crippen MR) is 63.9 cm³/mol. The predicted octanol–water partition coefficient (Wildman–Crippen LogP) is 0.345. The zero-order valence-corrected chi connectivity index (χ0v) is 11.1. The van der Waals surface area contributed by atoms with E-state index in [1.807, 2.05) is 14.0 Å². The Balaban J connectivity index is 4.21. The van der Waals surface area contributed by atoms with E-state index in [-0.39, 0.29) is 11.9 Å². The van der Waals surface area contributed by atoms with E-state index in [0.717, 1.165) is 6.54 Å². The Hall–Kier alpha value is -0.610. The average molecular weight is 215 g/mol. The molecule has 4 heteroatoms. The second-order valence-electron chi connectivity index (χ2n) is 4.66. The summed E-state index contributed by atoms with van der Waals surface area (Å²) in [6.07, 6.45) is 0. The summed E-state index contributed by atoms with van der Waals surface area (Å²) in [7, 11) is 9.68. The second-order valence-corrected chi connectivity index (χ2v) is 4.66. The van der Waals surface area contributed by atoms with E-state index in [0.29, 0.717) is 6.04 Å². The molecule has 1 amide bonds. The summed E-state index contributed by atoms with van der Waals surface area (Å²) in [5, 5.41) is 0. The highest BCUT2D eigenvalue weighted by molar-refractivity contribution is 5.80. The third kappa shape index (κ3) is 4.62. The Morgan fingerprint density at radius 2 is 1.53 bits per heavy atom. The van der Waals surface area contributed by atoms with Crippen molar-refractivity contribution >= 4 is 5.91 Å². The third-order valence-electron chi connectivity index (χ3n) is 2.89. The molecule has 0 bridgehead atoms. The summed E-state index contributed by atoms with van der Waals surface area (Å²) >= 11 is 0. The minimum absolute atomic E-state index is 0.0533. The molecule has 0 fully saturated rings. The smallest absolute Gasteiger partial charge is 0.239 e. The van der Waals surface area contributed by atoms with Crippen LogP contribution in [0.1, 0.15) is 13.8 Å². The van der Waals surface area contributed by atoms with Gasteiger partial charge in [-0.15, -0.1) is 0 Å². The molecular formula is C11H25N3O. The molecule has 0 aliphatic carbocycles. The Morgan fingerprint density at radius 3 is 1.87 bits per heavy atom. The van der Waals surface area contributed by atoms with Gasteiger partial charge in [0.1, 0.15) is 0 Å². The number of carbonyl (C=O) groups excluding carboxylic acids is 1. The van der Waals surface area contributed by atoms with Crippen molar-refractivity contribution in [3.63, 3.8) is 0 Å². The summed E-state index contributed by atoms with van der Waals surface area (Å²) in [4.78, 5) is 17.6. The van der Waals surface area contributed by atoms with Crippen LogP contribution in [-0.4, -0.2) is 74.5 Å². The van der Waals surface area contributed by atoms with E-state index in [2.05, 4.69) is 30.8 Å². The van der Waals surface area contributed by atoms with Crippen LogP contribution in [-0.2, 0) is 4.79 Å². The van der Waals surface area contributed by atoms with E-state index in [1.54, 1.807) is 19.0 Å². The Bertz CT molecular complexity index is 204. The number of rotatable bonds is 5. The van der Waals surface area contributed by atoms with Crippen molar-refractivity contribution in [2.45, 2.75) is 25.9 Å². The maximum absolute atomic E-state index is 11.7. The lowest BCUT2D eigenvalue weighted by Crippen LogP contribution is -2.47. The molecule has 0 saturated heterocycles. The van der Waals surface area contributed by atoms with Crippen LogP contribution in [0.2, 0.25) is 0 Å². The van der Waals surface area contributed by atoms with Gasteiger partial charge in [-0.2, -0.15) is 0 Å². The summed E-state index contributed by atoms with van der Waals surface area (Å²) in [5.41, 5.74) is 0. The molecule has 4 nitrogen and oxygen atoms in total. The van der Waals surface area contributed by atoms with Crippen molar-refractivity contribution in [2.24, 2.45) is 0 Å². The molecule has 0 aliphatic heterocycles. The van der Waals surface area contributed by atoms with Crippen LogP contribution in [0.5, 0.6) is 0 Å². The number of likely N-dealkylation sites (N-methyl/N-ethyl adjacent to an activating group) is 3. The van der Waals surface area contributed by atoms with Gasteiger partial charge in [0.05, 0.1) is 6.04 Å². The quantitative estimate of drug-likeness (QED) is 0.662. The molecule has 90 valence electrons. The van der Waals surface area contributed by atoms with Gasteiger partial charge in [0, 0.05) is 26.7 Å². The van der Waals surface area contributed by atoms with Crippen molar-refractivity contribution in [2.75, 3.05) is 41.8 Å². The summed E-state index contributed by atoms with van der Waals surface area (Å²) in [6.45, 7) is 5.00. The molecule has 15 heavy (non-hydrogen) atoms. The first-order valence-electron chi connectivity index (χ1n) is 5.35. The van der Waals surface area contributed by atoms with Crippen LogP contribution in [0.25, 0.3) is 0 Å². The molecule has 0 aromatic rings. The Morgan fingerprint density at radius 1 is 1.07 bits per heavy atom. The number of hydrogen-bond donors (Lipinski definition) is 0. The van der Waals surface area contributed by atoms with Gasteiger partial charge in [-0.1, -0.05) is 0 Å². The fraction of sp³-hybridized carbons (Fsp3) is 0.909. The van der Waals surface area contributed by atoms with Crippen molar-refractivity contribution in [1.29, 1.82) is 0 Å². The van der Waals surface area contributed by atoms with Crippen molar-refractivity contribution in [3.05, 3.63) is 0 Å². The molecule has 0 spiro atoms. The molecule has 0 aliphatic rings. The van der Waals surface area contributed by atoms with Gasteiger partial charge in [0.25, 0.3) is 0 Å². The van der Waals surface area contributed by atoms with Gasteiger partial charge in [0.2, 0.25) is 5.91 Å². The van der Waals surface area contributed by atoms with E-state index < -0.39 is 0 Å². The molecule has 0 heterocycles. The SMILES string of the molecule is CC(CN(C)C(C)C(=O)N(C)C)N(C)C. The van der Waals surface area contributed by atoms with E-state index in [4.69, 9.17) is 0 Å². The highest BCUT2D eigenvalue weighted by atomic mass is 16.2. The molecule has 0 aromatic heterocycles. The Labute approximate surface area is 93.8 Å². The summed E-state index contributed by atoms with van der Waals surface area (Å²) in [5.74, 6) is 0.156. The van der Waals surface area contributed by atoms with Gasteiger partial charge in [-0.3, -0.25) is 9.69 Å². The molecule has 0 rings (SSSR count). The number of amides is 1. The molecular weight excluding hydrogens is 190 g/mol. The van der Waals surface area contributed by atoms with Gasteiger partial charge < -0.3 is 9.80 Å². The zero-order valence-electron chi connectivity index (χ0n) is 11.1. The summed E-state index contributed by atoms with van der Waals surface area (Å²) < 4.78 is 0. The van der Waals surface area contributed by atoms with E-state index >= 15 is 0 Å². The normalized spacial score (nSPS) is 15.5. The van der Waals surface area contributed by atoms with Gasteiger partial charge in [-0.05, 0) is 35.0 Å². The van der Waals surface area contributed by atoms with Crippen LogP contribution in [0, 0.1) is 0 Å². The van der Waals surface area contributed by atoms with Crippen molar-refractivity contribution < 1.29 is 4.79 Å². The van der Waals surface area contributed by atoms with Crippen LogP contribution < -0.4 is 0 Å². The van der Waals surface area contributed by atoms with Crippen LogP contribution in [0.15, 0.2) is 0 Å².